The lowest BCUT2D eigenvalue weighted by molar-refractivity contribution is 0.583. The molecule has 1 heterocycles. The number of anilines is 1. The molecule has 0 bridgehead atoms. The van der Waals surface area contributed by atoms with Gasteiger partial charge in [0, 0.05) is 12.3 Å². The van der Waals surface area contributed by atoms with Crippen molar-refractivity contribution in [2.45, 2.75) is 0 Å². The lowest BCUT2D eigenvalue weighted by Gasteiger charge is -1.88. The molecule has 1 rings (SSSR count). The lowest BCUT2D eigenvalue weighted by Crippen LogP contribution is -2.07. The highest BCUT2D eigenvalue weighted by molar-refractivity contribution is 5.32. The van der Waals surface area contributed by atoms with Crippen molar-refractivity contribution in [3.8, 4) is 0 Å². The predicted molar refractivity (Wildman–Crippen MR) is 31.4 cm³/mol. The van der Waals surface area contributed by atoms with E-state index < -0.39 is 11.4 Å². The molecule has 0 aromatic carbocycles. The third-order valence-corrected chi connectivity index (χ3v) is 0.908. The Morgan fingerprint density at radius 2 is 2.33 bits per heavy atom. The fourth-order valence-corrected chi connectivity index (χ4v) is 0.458. The minimum atomic E-state index is -0.672. The van der Waals surface area contributed by atoms with Crippen LogP contribution in [0.25, 0.3) is 0 Å². The molecule has 48 valence electrons. The number of nitrogens with two attached hydrogens (primary N) is 1. The van der Waals surface area contributed by atoms with Gasteiger partial charge in [-0.2, -0.15) is 4.39 Å². The van der Waals surface area contributed by atoms with Crippen LogP contribution in [0.2, 0.25) is 0 Å². The quantitative estimate of drug-likeness (QED) is 0.486. The van der Waals surface area contributed by atoms with E-state index >= 15 is 0 Å². The third-order valence-electron chi connectivity index (χ3n) is 0.908. The van der Waals surface area contributed by atoms with Gasteiger partial charge < -0.3 is 10.7 Å². The number of aromatic amines is 1. The van der Waals surface area contributed by atoms with Crippen LogP contribution in [0.15, 0.2) is 17.1 Å². The Bertz CT molecular complexity index is 268. The average molecular weight is 128 g/mol. The second-order valence-electron chi connectivity index (χ2n) is 1.60. The van der Waals surface area contributed by atoms with Crippen molar-refractivity contribution in [1.29, 1.82) is 0 Å². The van der Waals surface area contributed by atoms with Crippen LogP contribution in [0.5, 0.6) is 0 Å². The van der Waals surface area contributed by atoms with Gasteiger partial charge in [-0.1, -0.05) is 0 Å². The molecule has 0 aliphatic rings. The smallest absolute Gasteiger partial charge is 0.207 e. The van der Waals surface area contributed by atoms with Gasteiger partial charge in [-0.3, -0.25) is 4.79 Å². The Hall–Kier alpha value is -1.32. The number of hydrogen-bond acceptors (Lipinski definition) is 2. The van der Waals surface area contributed by atoms with E-state index in [1.807, 2.05) is 0 Å². The Balaban J connectivity index is 3.34. The molecule has 3 nitrogen and oxygen atoms in total. The van der Waals surface area contributed by atoms with Crippen LogP contribution in [0.3, 0.4) is 0 Å². The Morgan fingerprint density at radius 3 is 2.78 bits per heavy atom. The monoisotopic (exact) mass is 128 g/mol. The number of aromatic nitrogens is 1. The van der Waals surface area contributed by atoms with Gasteiger partial charge >= 0.3 is 0 Å². The molecule has 9 heavy (non-hydrogen) atoms. The minimum absolute atomic E-state index is 0.0244. The van der Waals surface area contributed by atoms with Gasteiger partial charge in [-0.05, 0) is 0 Å². The molecule has 0 unspecified atom stereocenters. The molecule has 0 saturated heterocycles. The first-order valence-corrected chi connectivity index (χ1v) is 2.34. The van der Waals surface area contributed by atoms with Crippen molar-refractivity contribution in [1.82, 2.24) is 4.98 Å². The van der Waals surface area contributed by atoms with Crippen LogP contribution in [0, 0.1) is 5.95 Å². The third kappa shape index (κ3) is 1.07. The van der Waals surface area contributed by atoms with E-state index in [4.69, 9.17) is 5.73 Å². The summed E-state index contributed by atoms with van der Waals surface area (Å²) in [5, 5.41) is 0. The second kappa shape index (κ2) is 1.89. The van der Waals surface area contributed by atoms with Crippen molar-refractivity contribution in [2.75, 3.05) is 5.73 Å². The first kappa shape index (κ1) is 5.81. The zero-order chi connectivity index (χ0) is 6.85. The number of rotatable bonds is 0. The summed E-state index contributed by atoms with van der Waals surface area (Å²) in [6.45, 7) is 0. The summed E-state index contributed by atoms with van der Waals surface area (Å²) in [7, 11) is 0. The number of pyridine rings is 1. The highest BCUT2D eigenvalue weighted by Crippen LogP contribution is 1.89. The van der Waals surface area contributed by atoms with Crippen molar-refractivity contribution >= 4 is 5.69 Å². The van der Waals surface area contributed by atoms with Crippen LogP contribution in [-0.4, -0.2) is 4.98 Å². The summed E-state index contributed by atoms with van der Waals surface area (Å²) in [4.78, 5) is 12.6. The fourth-order valence-electron chi connectivity index (χ4n) is 0.458. The zero-order valence-corrected chi connectivity index (χ0v) is 4.52. The van der Waals surface area contributed by atoms with E-state index in [2.05, 4.69) is 4.98 Å². The first-order chi connectivity index (χ1) is 4.20. The molecule has 0 aliphatic heterocycles. The van der Waals surface area contributed by atoms with Crippen molar-refractivity contribution < 1.29 is 4.39 Å². The number of halogens is 1. The average Bonchev–Trinajstić information content (AvgIpc) is 1.80. The van der Waals surface area contributed by atoms with Gasteiger partial charge in [-0.25, -0.2) is 0 Å². The van der Waals surface area contributed by atoms with Crippen molar-refractivity contribution in [2.24, 2.45) is 0 Å². The molecule has 0 spiro atoms. The van der Waals surface area contributed by atoms with Gasteiger partial charge in [0.05, 0.1) is 5.69 Å². The van der Waals surface area contributed by atoms with Crippen molar-refractivity contribution in [3.05, 3.63) is 28.4 Å². The molecule has 0 fully saturated rings. The van der Waals surface area contributed by atoms with Gasteiger partial charge in [0.2, 0.25) is 5.43 Å². The lowest BCUT2D eigenvalue weighted by atomic mass is 10.4. The molecule has 1 aromatic heterocycles. The fraction of sp³-hybridized carbons (Fsp3) is 0. The van der Waals surface area contributed by atoms with Gasteiger partial charge in [0.1, 0.15) is 0 Å². The van der Waals surface area contributed by atoms with Crippen LogP contribution in [0.1, 0.15) is 0 Å². The number of H-pyrrole nitrogens is 1. The zero-order valence-electron chi connectivity index (χ0n) is 4.52. The van der Waals surface area contributed by atoms with Gasteiger partial charge in [0.15, 0.2) is 5.95 Å². The van der Waals surface area contributed by atoms with Crippen LogP contribution >= 0.6 is 0 Å². The standard InChI is InChI=1S/C5H5FN2O/c6-5-1-4(9)3(7)2-8-5/h1-2H,7H2,(H,8,9). The van der Waals surface area contributed by atoms with E-state index in [1.54, 1.807) is 0 Å². The maximum absolute atomic E-state index is 12.0. The Kier molecular flexibility index (Phi) is 1.22. The molecular weight excluding hydrogens is 123 g/mol. The summed E-state index contributed by atoms with van der Waals surface area (Å²) < 4.78 is 12.0. The summed E-state index contributed by atoms with van der Waals surface area (Å²) in [6.07, 6.45) is 1.12. The highest BCUT2D eigenvalue weighted by atomic mass is 19.1. The molecule has 0 aliphatic carbocycles. The van der Waals surface area contributed by atoms with E-state index in [1.165, 1.54) is 0 Å². The minimum Gasteiger partial charge on any atom is -0.394 e. The van der Waals surface area contributed by atoms with E-state index in [0.29, 0.717) is 0 Å². The molecule has 0 amide bonds. The normalized spacial score (nSPS) is 9.44. The maximum atomic E-state index is 12.0. The van der Waals surface area contributed by atoms with E-state index in [9.17, 15) is 9.18 Å². The van der Waals surface area contributed by atoms with Gasteiger partial charge in [-0.15, -0.1) is 0 Å². The highest BCUT2D eigenvalue weighted by Gasteiger charge is 1.92. The Labute approximate surface area is 50.3 Å². The van der Waals surface area contributed by atoms with Crippen LogP contribution < -0.4 is 11.2 Å². The van der Waals surface area contributed by atoms with E-state index in [0.717, 1.165) is 12.3 Å². The molecular formula is C5H5FN2O. The molecule has 4 heteroatoms. The predicted octanol–water partition coefficient (Wildman–Crippen LogP) is 0.0962. The number of nitrogens with one attached hydrogen (secondary N) is 1. The summed E-state index contributed by atoms with van der Waals surface area (Å²) in [5.41, 5.74) is 4.61. The topological polar surface area (TPSA) is 58.9 Å². The molecule has 3 N–H and O–H groups in total. The number of hydrogen-bond donors (Lipinski definition) is 2. The van der Waals surface area contributed by atoms with E-state index in [-0.39, 0.29) is 5.69 Å². The maximum Gasteiger partial charge on any atom is 0.207 e. The SMILES string of the molecule is Nc1c[nH]c(F)cc1=O. The molecule has 0 atom stereocenters. The first-order valence-electron chi connectivity index (χ1n) is 2.34. The number of nitrogen functional groups attached to an aromatic ring is 1. The van der Waals surface area contributed by atoms with Gasteiger partial charge in [0.25, 0.3) is 0 Å². The molecule has 1 aromatic rings. The second-order valence-corrected chi connectivity index (χ2v) is 1.60. The molecule has 0 saturated carbocycles. The summed E-state index contributed by atoms with van der Waals surface area (Å²) >= 11 is 0. The Morgan fingerprint density at radius 1 is 1.67 bits per heavy atom. The largest absolute Gasteiger partial charge is 0.394 e. The van der Waals surface area contributed by atoms with Crippen LogP contribution in [-0.2, 0) is 0 Å². The van der Waals surface area contributed by atoms with Crippen molar-refractivity contribution in [3.63, 3.8) is 0 Å². The van der Waals surface area contributed by atoms with Crippen LogP contribution in [0.4, 0.5) is 10.1 Å². The summed E-state index contributed by atoms with van der Waals surface area (Å²) in [6, 6.07) is 0.801. The molecule has 0 radical (unpaired) electrons. The summed E-state index contributed by atoms with van der Waals surface area (Å²) in [5.74, 6) is -0.672.